The highest BCUT2D eigenvalue weighted by Gasteiger charge is 2.33. The van der Waals surface area contributed by atoms with Crippen LogP contribution in [0.5, 0.6) is 11.5 Å². The summed E-state index contributed by atoms with van der Waals surface area (Å²) in [7, 11) is 1.50. The van der Waals surface area contributed by atoms with Gasteiger partial charge in [-0.05, 0) is 42.3 Å². The number of carbonyl (C=O) groups excluding carboxylic acids is 2. The Balaban J connectivity index is 1.62. The lowest BCUT2D eigenvalue weighted by atomic mass is 10.1. The van der Waals surface area contributed by atoms with E-state index < -0.39 is 17.6 Å². The highest BCUT2D eigenvalue weighted by atomic mass is 19.4. The minimum absolute atomic E-state index is 0.00427. The van der Waals surface area contributed by atoms with Gasteiger partial charge in [0.25, 0.3) is 5.91 Å². The van der Waals surface area contributed by atoms with Crippen LogP contribution in [0.1, 0.15) is 33.6 Å². The third-order valence-corrected chi connectivity index (χ3v) is 4.76. The summed E-state index contributed by atoms with van der Waals surface area (Å²) >= 11 is 0. The Morgan fingerprint density at radius 1 is 1.09 bits per heavy atom. The molecule has 3 rings (SSSR count). The summed E-state index contributed by atoms with van der Waals surface area (Å²) in [5, 5.41) is 12.1. The van der Waals surface area contributed by atoms with Gasteiger partial charge in [0, 0.05) is 43.2 Å². The maximum atomic E-state index is 13.1. The Morgan fingerprint density at radius 2 is 1.85 bits per heavy atom. The number of pyridine rings is 1. The van der Waals surface area contributed by atoms with Crippen LogP contribution in [0, 0.1) is 5.41 Å². The molecule has 0 aliphatic rings. The fourth-order valence-electron chi connectivity index (χ4n) is 3.11. The first-order chi connectivity index (χ1) is 16.2. The third kappa shape index (κ3) is 6.41. The average Bonchev–Trinajstić information content (AvgIpc) is 2.82. The molecule has 3 aromatic rings. The van der Waals surface area contributed by atoms with E-state index in [1.54, 1.807) is 30.3 Å². The molecular formula is C24H21F3N4O3. The van der Waals surface area contributed by atoms with Crippen molar-refractivity contribution in [2.75, 3.05) is 12.4 Å². The van der Waals surface area contributed by atoms with Gasteiger partial charge in [0.1, 0.15) is 17.2 Å². The maximum Gasteiger partial charge on any atom is 0.417 e. The van der Waals surface area contributed by atoms with Crippen LogP contribution in [0.2, 0.25) is 0 Å². The highest BCUT2D eigenvalue weighted by molar-refractivity contribution is 5.92. The van der Waals surface area contributed by atoms with E-state index in [-0.39, 0.29) is 29.3 Å². The quantitative estimate of drug-likeness (QED) is 0.411. The maximum absolute atomic E-state index is 13.1. The minimum atomic E-state index is -4.63. The number of hydrogen-bond acceptors (Lipinski definition) is 5. The molecule has 0 fully saturated rings. The minimum Gasteiger partial charge on any atom is -0.457 e. The van der Waals surface area contributed by atoms with E-state index in [1.807, 2.05) is 0 Å². The third-order valence-electron chi connectivity index (χ3n) is 4.76. The highest BCUT2D eigenvalue weighted by Crippen LogP contribution is 2.33. The van der Waals surface area contributed by atoms with Crippen LogP contribution >= 0.6 is 0 Å². The monoisotopic (exact) mass is 470 g/mol. The second kappa shape index (κ2) is 10.6. The smallest absolute Gasteiger partial charge is 0.417 e. The van der Waals surface area contributed by atoms with E-state index in [2.05, 4.69) is 15.6 Å². The van der Waals surface area contributed by atoms with Crippen LogP contribution in [-0.2, 0) is 17.4 Å². The molecule has 0 saturated carbocycles. The molecule has 0 saturated heterocycles. The largest absolute Gasteiger partial charge is 0.457 e. The van der Waals surface area contributed by atoms with Crippen molar-refractivity contribution < 1.29 is 27.5 Å². The Kier molecular flexibility index (Phi) is 7.62. The van der Waals surface area contributed by atoms with Gasteiger partial charge in [-0.25, -0.2) is 0 Å². The summed E-state index contributed by atoms with van der Waals surface area (Å²) in [5.41, 5.74) is -0.275. The molecule has 0 unspecified atom stereocenters. The first-order valence-corrected chi connectivity index (χ1v) is 10.2. The van der Waals surface area contributed by atoms with E-state index in [0.717, 1.165) is 17.7 Å². The molecule has 3 N–H and O–H groups in total. The predicted octanol–water partition coefficient (Wildman–Crippen LogP) is 4.82. The Labute approximate surface area is 193 Å². The first kappa shape index (κ1) is 24.4. The number of benzene rings is 2. The number of aryl methyl sites for hydroxylation is 1. The predicted molar refractivity (Wildman–Crippen MR) is 120 cm³/mol. The Hall–Kier alpha value is -4.21. The number of aromatic nitrogens is 1. The number of rotatable bonds is 8. The number of nitrogens with zero attached hydrogens (tertiary/aromatic N) is 1. The fourth-order valence-corrected chi connectivity index (χ4v) is 3.11. The Bertz CT molecular complexity index is 1210. The molecule has 10 heteroatoms. The SMILES string of the molecule is CNC(=O)c1cc(Oc2cccc(CCC(=O)Nc3ccc(C=N)c(C(F)(F)F)c3)c2)ccn1. The van der Waals surface area contributed by atoms with E-state index in [0.29, 0.717) is 24.1 Å². The van der Waals surface area contributed by atoms with Crippen LogP contribution in [-0.4, -0.2) is 30.1 Å². The molecule has 0 aliphatic carbocycles. The van der Waals surface area contributed by atoms with Gasteiger partial charge in [-0.2, -0.15) is 13.2 Å². The van der Waals surface area contributed by atoms with Crippen molar-refractivity contribution in [3.63, 3.8) is 0 Å². The van der Waals surface area contributed by atoms with Crippen molar-refractivity contribution in [3.05, 3.63) is 83.2 Å². The Morgan fingerprint density at radius 3 is 2.56 bits per heavy atom. The number of halogens is 3. The number of amides is 2. The number of alkyl halides is 3. The second-order valence-corrected chi connectivity index (χ2v) is 7.20. The summed E-state index contributed by atoms with van der Waals surface area (Å²) in [6, 6.07) is 13.4. The van der Waals surface area contributed by atoms with Crippen LogP contribution in [0.3, 0.4) is 0 Å². The van der Waals surface area contributed by atoms with Crippen molar-refractivity contribution in [2.24, 2.45) is 0 Å². The molecule has 0 bridgehead atoms. The number of anilines is 1. The zero-order valence-corrected chi connectivity index (χ0v) is 18.1. The second-order valence-electron chi connectivity index (χ2n) is 7.20. The summed E-state index contributed by atoms with van der Waals surface area (Å²) in [5.74, 6) is 0.104. The summed E-state index contributed by atoms with van der Waals surface area (Å²) in [6.07, 6.45) is -2.20. The van der Waals surface area contributed by atoms with E-state index in [4.69, 9.17) is 10.1 Å². The summed E-state index contributed by atoms with van der Waals surface area (Å²) in [4.78, 5) is 28.0. The lowest BCUT2D eigenvalue weighted by molar-refractivity contribution is -0.137. The topological polar surface area (TPSA) is 104 Å². The van der Waals surface area contributed by atoms with Crippen molar-refractivity contribution >= 4 is 23.7 Å². The van der Waals surface area contributed by atoms with E-state index >= 15 is 0 Å². The molecule has 0 aliphatic heterocycles. The standard InChI is InChI=1S/C24H21F3N4O3/c1-29-23(33)21-13-19(9-10-30-21)34-18-4-2-3-15(11-18)5-8-22(32)31-17-7-6-16(14-28)20(12-17)24(25,26)27/h2-4,6-7,9-14,28H,5,8H2,1H3,(H,29,33)(H,31,32). The van der Waals surface area contributed by atoms with Crippen molar-refractivity contribution in [2.45, 2.75) is 19.0 Å². The van der Waals surface area contributed by atoms with Crippen molar-refractivity contribution in [1.82, 2.24) is 10.3 Å². The zero-order valence-electron chi connectivity index (χ0n) is 18.1. The van der Waals surface area contributed by atoms with E-state index in [1.165, 1.54) is 25.4 Å². The normalized spacial score (nSPS) is 10.9. The van der Waals surface area contributed by atoms with Crippen molar-refractivity contribution in [1.29, 1.82) is 5.41 Å². The molecule has 2 aromatic carbocycles. The summed E-state index contributed by atoms with van der Waals surface area (Å²) < 4.78 is 45.2. The fraction of sp³-hybridized carbons (Fsp3) is 0.167. The number of carbonyl (C=O) groups is 2. The van der Waals surface area contributed by atoms with Gasteiger partial charge in [0.2, 0.25) is 5.91 Å². The van der Waals surface area contributed by atoms with Crippen LogP contribution < -0.4 is 15.4 Å². The van der Waals surface area contributed by atoms with Gasteiger partial charge in [0.15, 0.2) is 0 Å². The lowest BCUT2D eigenvalue weighted by Gasteiger charge is -2.13. The van der Waals surface area contributed by atoms with Gasteiger partial charge in [0.05, 0.1) is 5.56 Å². The van der Waals surface area contributed by atoms with Gasteiger partial charge < -0.3 is 20.8 Å². The number of hydrogen-bond donors (Lipinski definition) is 3. The molecule has 1 aromatic heterocycles. The average molecular weight is 470 g/mol. The first-order valence-electron chi connectivity index (χ1n) is 10.2. The molecule has 1 heterocycles. The zero-order chi connectivity index (χ0) is 24.7. The molecule has 0 radical (unpaired) electrons. The number of nitrogens with one attached hydrogen (secondary N) is 3. The molecule has 0 atom stereocenters. The van der Waals surface area contributed by atoms with Gasteiger partial charge in [-0.15, -0.1) is 0 Å². The van der Waals surface area contributed by atoms with Crippen LogP contribution in [0.25, 0.3) is 0 Å². The van der Waals surface area contributed by atoms with Gasteiger partial charge in [-0.3, -0.25) is 14.6 Å². The van der Waals surface area contributed by atoms with Gasteiger partial charge >= 0.3 is 6.18 Å². The summed E-state index contributed by atoms with van der Waals surface area (Å²) in [6.45, 7) is 0. The van der Waals surface area contributed by atoms with Crippen LogP contribution in [0.15, 0.2) is 60.8 Å². The molecule has 34 heavy (non-hydrogen) atoms. The van der Waals surface area contributed by atoms with E-state index in [9.17, 15) is 22.8 Å². The van der Waals surface area contributed by atoms with Crippen molar-refractivity contribution in [3.8, 4) is 11.5 Å². The molecule has 176 valence electrons. The number of ether oxygens (including phenoxy) is 1. The molecule has 7 nitrogen and oxygen atoms in total. The van der Waals surface area contributed by atoms with Gasteiger partial charge in [-0.1, -0.05) is 18.2 Å². The molecule has 0 spiro atoms. The molecular weight excluding hydrogens is 449 g/mol. The van der Waals surface area contributed by atoms with Crippen LogP contribution in [0.4, 0.5) is 18.9 Å². The lowest BCUT2D eigenvalue weighted by Crippen LogP contribution is -2.18. The molecule has 2 amide bonds.